The van der Waals surface area contributed by atoms with Crippen molar-refractivity contribution in [2.45, 2.75) is 13.5 Å². The molecule has 0 saturated carbocycles. The molecule has 2 aromatic heterocycles. The van der Waals surface area contributed by atoms with Crippen molar-refractivity contribution in [2.75, 3.05) is 5.32 Å². The van der Waals surface area contributed by atoms with Crippen LogP contribution in [0.4, 0.5) is 15.8 Å². The van der Waals surface area contributed by atoms with Crippen LogP contribution in [0.5, 0.6) is 11.5 Å². The molecule has 2 aromatic carbocycles. The van der Waals surface area contributed by atoms with Crippen molar-refractivity contribution in [3.8, 4) is 11.5 Å². The van der Waals surface area contributed by atoms with E-state index >= 15 is 0 Å². The molecule has 4 aromatic rings. The SMILES string of the molecule is O=C(Nc1cnn(COc2cccc(Cl)c2)c1)c1ccn(COc2cc(F)ccc2[N+](=O)[O-])n1. The summed E-state index contributed by atoms with van der Waals surface area (Å²) in [7, 11) is 0. The van der Waals surface area contributed by atoms with Crippen LogP contribution < -0.4 is 14.8 Å². The van der Waals surface area contributed by atoms with Crippen molar-refractivity contribution in [2.24, 2.45) is 0 Å². The van der Waals surface area contributed by atoms with Crippen LogP contribution in [-0.4, -0.2) is 30.4 Å². The maximum atomic E-state index is 13.4. The van der Waals surface area contributed by atoms with Crippen LogP contribution in [0.3, 0.4) is 0 Å². The molecular weight excluding hydrogens is 471 g/mol. The number of anilines is 1. The van der Waals surface area contributed by atoms with Gasteiger partial charge >= 0.3 is 5.69 Å². The van der Waals surface area contributed by atoms with Gasteiger partial charge in [0.1, 0.15) is 11.6 Å². The van der Waals surface area contributed by atoms with E-state index in [9.17, 15) is 19.3 Å². The van der Waals surface area contributed by atoms with Gasteiger partial charge in [0.2, 0.25) is 5.75 Å². The number of aromatic nitrogens is 4. The maximum absolute atomic E-state index is 13.4. The molecule has 0 aliphatic carbocycles. The average molecular weight is 487 g/mol. The first-order valence-electron chi connectivity index (χ1n) is 9.70. The number of benzene rings is 2. The Hall–Kier alpha value is -4.45. The predicted molar refractivity (Wildman–Crippen MR) is 118 cm³/mol. The Bertz CT molecular complexity index is 1340. The van der Waals surface area contributed by atoms with E-state index in [4.69, 9.17) is 21.1 Å². The number of carbonyl (C=O) groups excluding carboxylic acids is 1. The lowest BCUT2D eigenvalue weighted by molar-refractivity contribution is -0.386. The van der Waals surface area contributed by atoms with Crippen molar-refractivity contribution < 1.29 is 23.6 Å². The van der Waals surface area contributed by atoms with Gasteiger partial charge in [0.05, 0.1) is 23.0 Å². The number of nitro groups is 1. The van der Waals surface area contributed by atoms with Crippen molar-refractivity contribution in [3.63, 3.8) is 0 Å². The monoisotopic (exact) mass is 486 g/mol. The zero-order valence-electron chi connectivity index (χ0n) is 17.3. The second kappa shape index (κ2) is 10.0. The van der Waals surface area contributed by atoms with Crippen LogP contribution in [-0.2, 0) is 13.5 Å². The summed E-state index contributed by atoms with van der Waals surface area (Å²) in [4.78, 5) is 22.8. The van der Waals surface area contributed by atoms with Gasteiger partial charge in [0, 0.05) is 23.4 Å². The second-order valence-electron chi connectivity index (χ2n) is 6.84. The van der Waals surface area contributed by atoms with Gasteiger partial charge < -0.3 is 14.8 Å². The van der Waals surface area contributed by atoms with Crippen molar-refractivity contribution >= 4 is 28.9 Å². The zero-order chi connectivity index (χ0) is 24.1. The van der Waals surface area contributed by atoms with Crippen LogP contribution in [0.1, 0.15) is 10.5 Å². The zero-order valence-corrected chi connectivity index (χ0v) is 18.1. The van der Waals surface area contributed by atoms with Crippen LogP contribution >= 0.6 is 11.6 Å². The van der Waals surface area contributed by atoms with Gasteiger partial charge in [-0.05, 0) is 30.3 Å². The Labute approximate surface area is 196 Å². The van der Waals surface area contributed by atoms with Crippen LogP contribution in [0.2, 0.25) is 5.02 Å². The van der Waals surface area contributed by atoms with Crippen LogP contribution in [0.15, 0.2) is 67.1 Å². The summed E-state index contributed by atoms with van der Waals surface area (Å²) in [6, 6.07) is 11.2. The summed E-state index contributed by atoms with van der Waals surface area (Å²) in [5, 5.41) is 22.4. The summed E-state index contributed by atoms with van der Waals surface area (Å²) in [5.74, 6) is -0.866. The lowest BCUT2D eigenvalue weighted by Gasteiger charge is -2.07. The van der Waals surface area contributed by atoms with Crippen LogP contribution in [0, 0.1) is 15.9 Å². The van der Waals surface area contributed by atoms with Crippen molar-refractivity contribution in [3.05, 3.63) is 93.8 Å². The highest BCUT2D eigenvalue weighted by Gasteiger charge is 2.17. The minimum atomic E-state index is -0.684. The third-order valence-electron chi connectivity index (χ3n) is 4.39. The second-order valence-corrected chi connectivity index (χ2v) is 7.27. The lowest BCUT2D eigenvalue weighted by Crippen LogP contribution is -2.14. The number of hydrogen-bond donors (Lipinski definition) is 1. The van der Waals surface area contributed by atoms with Gasteiger partial charge in [-0.2, -0.15) is 10.2 Å². The molecule has 0 bridgehead atoms. The molecule has 1 N–H and O–H groups in total. The van der Waals surface area contributed by atoms with Crippen molar-refractivity contribution in [1.82, 2.24) is 19.6 Å². The molecule has 0 aliphatic rings. The van der Waals surface area contributed by atoms with Gasteiger partial charge in [-0.1, -0.05) is 17.7 Å². The number of halogens is 2. The molecule has 1 amide bonds. The summed E-state index contributed by atoms with van der Waals surface area (Å²) < 4.78 is 27.0. The molecule has 0 aliphatic heterocycles. The highest BCUT2D eigenvalue weighted by atomic mass is 35.5. The fourth-order valence-electron chi connectivity index (χ4n) is 2.84. The van der Waals surface area contributed by atoms with Crippen molar-refractivity contribution in [1.29, 1.82) is 0 Å². The third kappa shape index (κ3) is 5.66. The van der Waals surface area contributed by atoms with Gasteiger partial charge in [0.25, 0.3) is 5.91 Å². The van der Waals surface area contributed by atoms with E-state index in [0.717, 1.165) is 18.2 Å². The Kier molecular flexibility index (Phi) is 6.69. The number of hydrogen-bond acceptors (Lipinski definition) is 7. The molecule has 0 spiro atoms. The van der Waals surface area contributed by atoms with Gasteiger partial charge in [-0.15, -0.1) is 0 Å². The van der Waals surface area contributed by atoms with E-state index in [2.05, 4.69) is 15.5 Å². The Morgan fingerprint density at radius 1 is 1.15 bits per heavy atom. The van der Waals surface area contributed by atoms with E-state index in [1.807, 2.05) is 0 Å². The number of nitro benzene ring substituents is 1. The minimum Gasteiger partial charge on any atom is -0.471 e. The van der Waals surface area contributed by atoms with E-state index in [1.54, 1.807) is 30.5 Å². The molecule has 0 atom stereocenters. The fraction of sp³-hybridized carbons (Fsp3) is 0.0952. The lowest BCUT2D eigenvalue weighted by atomic mass is 10.3. The molecule has 34 heavy (non-hydrogen) atoms. The van der Waals surface area contributed by atoms with Gasteiger partial charge in [0.15, 0.2) is 19.2 Å². The van der Waals surface area contributed by atoms with E-state index < -0.39 is 16.6 Å². The number of ether oxygens (including phenoxy) is 2. The highest BCUT2D eigenvalue weighted by Crippen LogP contribution is 2.27. The number of nitrogens with zero attached hydrogens (tertiary/aromatic N) is 5. The van der Waals surface area contributed by atoms with Gasteiger partial charge in [-0.3, -0.25) is 14.9 Å². The molecule has 0 unspecified atom stereocenters. The molecule has 2 heterocycles. The average Bonchev–Trinajstić information content (AvgIpc) is 3.46. The molecular formula is C21H16ClFN6O5. The minimum absolute atomic E-state index is 0.0697. The molecule has 0 radical (unpaired) electrons. The first kappa shape index (κ1) is 22.7. The Morgan fingerprint density at radius 3 is 2.76 bits per heavy atom. The van der Waals surface area contributed by atoms with Gasteiger partial charge in [-0.25, -0.2) is 13.8 Å². The predicted octanol–water partition coefficient (Wildman–Crippen LogP) is 4.11. The molecule has 11 nitrogen and oxygen atoms in total. The maximum Gasteiger partial charge on any atom is 0.311 e. The Morgan fingerprint density at radius 2 is 1.97 bits per heavy atom. The first-order valence-corrected chi connectivity index (χ1v) is 10.1. The van der Waals surface area contributed by atoms with E-state index in [-0.39, 0.29) is 30.6 Å². The summed E-state index contributed by atoms with van der Waals surface area (Å²) in [5.41, 5.74) is 0.101. The topological polar surface area (TPSA) is 126 Å². The first-order chi connectivity index (χ1) is 16.4. The summed E-state index contributed by atoms with van der Waals surface area (Å²) in [6.07, 6.45) is 4.47. The quantitative estimate of drug-likeness (QED) is 0.278. The highest BCUT2D eigenvalue weighted by molar-refractivity contribution is 6.30. The van der Waals surface area contributed by atoms with Crippen LogP contribution in [0.25, 0.3) is 0 Å². The smallest absolute Gasteiger partial charge is 0.311 e. The number of rotatable bonds is 9. The number of amides is 1. The standard InChI is InChI=1S/C21H16ClFN6O5/c22-14-2-1-3-17(8-14)33-13-28-11-16(10-24-28)25-21(30)18-6-7-27(26-18)12-34-20-9-15(23)4-5-19(20)29(31)32/h1-11H,12-13H2,(H,25,30). The molecule has 4 rings (SSSR count). The van der Waals surface area contributed by atoms with E-state index in [0.29, 0.717) is 16.5 Å². The molecule has 0 saturated heterocycles. The Balaban J connectivity index is 1.32. The normalized spacial score (nSPS) is 10.6. The van der Waals surface area contributed by atoms with E-state index in [1.165, 1.54) is 27.8 Å². The number of carbonyl (C=O) groups is 1. The molecule has 0 fully saturated rings. The summed E-state index contributed by atoms with van der Waals surface area (Å²) in [6.45, 7) is -0.162. The molecule has 174 valence electrons. The summed E-state index contributed by atoms with van der Waals surface area (Å²) >= 11 is 5.92. The fourth-order valence-corrected chi connectivity index (χ4v) is 3.02. The third-order valence-corrected chi connectivity index (χ3v) is 4.63. The molecule has 13 heteroatoms. The number of nitrogens with one attached hydrogen (secondary N) is 1. The largest absolute Gasteiger partial charge is 0.471 e.